The topological polar surface area (TPSA) is 37.9 Å². The fraction of sp³-hybridized carbons (Fsp3) is 0.400. The molecule has 76 valence electrons. The predicted octanol–water partition coefficient (Wildman–Crippen LogP) is 4.12. The van der Waals surface area contributed by atoms with Crippen LogP contribution in [0.3, 0.4) is 0 Å². The number of halogens is 1. The zero-order valence-corrected chi connectivity index (χ0v) is 12.8. The minimum atomic E-state index is 0. The largest absolute Gasteiger partial charge is 2.00 e. The molecule has 0 saturated heterocycles. The molecule has 1 rings (SSSR count). The molecule has 0 aliphatic heterocycles. The van der Waals surface area contributed by atoms with E-state index in [1.165, 1.54) is 11.1 Å². The number of hydrogen-bond acceptors (Lipinski definition) is 0. The zero-order chi connectivity index (χ0) is 9.84. The molecular formula is C10H13BrN2W. The summed E-state index contributed by atoms with van der Waals surface area (Å²) in [4.78, 5) is 0. The minimum absolute atomic E-state index is 0. The maximum Gasteiger partial charge on any atom is 2.00 e. The first-order valence-electron chi connectivity index (χ1n) is 4.24. The second-order valence-corrected chi connectivity index (χ2v) is 3.82. The van der Waals surface area contributed by atoms with Gasteiger partial charge in [-0.2, -0.15) is 13.1 Å². The van der Waals surface area contributed by atoms with E-state index in [1.54, 1.807) is 0 Å². The Labute approximate surface area is 108 Å². The third-order valence-corrected chi connectivity index (χ3v) is 3.08. The molecular weight excluding hydrogens is 412 g/mol. The van der Waals surface area contributed by atoms with Crippen LogP contribution < -0.4 is 0 Å². The molecule has 1 N–H and O–H groups in total. The summed E-state index contributed by atoms with van der Waals surface area (Å²) in [7, 11) is 0. The summed E-state index contributed by atoms with van der Waals surface area (Å²) in [5.41, 5.74) is 10.4. The van der Waals surface area contributed by atoms with Gasteiger partial charge in [-0.25, -0.2) is 0 Å². The Hall–Kier alpha value is 0.148. The molecule has 0 radical (unpaired) electrons. The molecule has 0 bridgehead atoms. The van der Waals surface area contributed by atoms with Gasteiger partial charge in [-0.1, -0.05) is 28.1 Å². The van der Waals surface area contributed by atoms with Crippen molar-refractivity contribution in [3.05, 3.63) is 38.8 Å². The van der Waals surface area contributed by atoms with Crippen molar-refractivity contribution in [1.82, 2.24) is 0 Å². The van der Waals surface area contributed by atoms with Crippen LogP contribution in [-0.4, -0.2) is 13.1 Å². The minimum Gasteiger partial charge on any atom is -0.686 e. The van der Waals surface area contributed by atoms with Crippen molar-refractivity contribution in [1.29, 1.82) is 0 Å². The molecule has 1 aromatic rings. The molecule has 0 amide bonds. The van der Waals surface area contributed by atoms with Gasteiger partial charge in [-0.3, -0.25) is 0 Å². The van der Waals surface area contributed by atoms with Crippen molar-refractivity contribution < 1.29 is 21.1 Å². The van der Waals surface area contributed by atoms with E-state index in [-0.39, 0.29) is 21.1 Å². The van der Waals surface area contributed by atoms with Crippen LogP contribution in [0.25, 0.3) is 11.1 Å². The van der Waals surface area contributed by atoms with E-state index < -0.39 is 0 Å². The Morgan fingerprint density at radius 3 is 2.21 bits per heavy atom. The molecule has 14 heavy (non-hydrogen) atoms. The molecule has 0 aromatic heterocycles. The Bertz CT molecular complexity index is 279. The van der Waals surface area contributed by atoms with Crippen LogP contribution in [0.1, 0.15) is 11.1 Å². The molecule has 0 atom stereocenters. The summed E-state index contributed by atoms with van der Waals surface area (Å²) in [6.45, 7) is 5.04. The van der Waals surface area contributed by atoms with Gasteiger partial charge in [0.2, 0.25) is 0 Å². The smallest absolute Gasteiger partial charge is 0.686 e. The molecule has 1 aromatic carbocycles. The standard InChI is InChI=1S/C10H13BrN2.W/c1-7-5-9(13-4-3-12)6-8(2)10(7)11;/h5-6,12H,3-4H2,1-2H3;/q-2;+2. The monoisotopic (exact) mass is 424 g/mol. The van der Waals surface area contributed by atoms with Crippen LogP contribution >= 0.6 is 15.9 Å². The maximum atomic E-state index is 7.00. The van der Waals surface area contributed by atoms with Crippen molar-refractivity contribution in [2.24, 2.45) is 0 Å². The average molecular weight is 425 g/mol. The van der Waals surface area contributed by atoms with Crippen molar-refractivity contribution >= 4 is 21.6 Å². The summed E-state index contributed by atoms with van der Waals surface area (Å²) in [6, 6.07) is 4.07. The Morgan fingerprint density at radius 1 is 1.29 bits per heavy atom. The van der Waals surface area contributed by atoms with Gasteiger partial charge in [-0.15, -0.1) is 5.69 Å². The predicted molar refractivity (Wildman–Crippen MR) is 60.7 cm³/mol. The average Bonchev–Trinajstić information content (AvgIpc) is 2.10. The van der Waals surface area contributed by atoms with E-state index in [4.69, 9.17) is 5.73 Å². The van der Waals surface area contributed by atoms with Gasteiger partial charge >= 0.3 is 21.1 Å². The molecule has 0 aliphatic carbocycles. The number of nitrogens with one attached hydrogen (secondary N) is 1. The number of rotatable bonds is 3. The molecule has 2 nitrogen and oxygen atoms in total. The molecule has 0 spiro atoms. The summed E-state index contributed by atoms with van der Waals surface area (Å²) in [6.07, 6.45) is 0. The van der Waals surface area contributed by atoms with Crippen LogP contribution in [0.15, 0.2) is 16.6 Å². The maximum absolute atomic E-state index is 7.00. The van der Waals surface area contributed by atoms with Crippen LogP contribution in [0, 0.1) is 13.8 Å². The van der Waals surface area contributed by atoms with Crippen LogP contribution in [0.5, 0.6) is 0 Å². The number of hydrogen-bond donors (Lipinski definition) is 0. The van der Waals surface area contributed by atoms with Gasteiger partial charge in [0.05, 0.1) is 0 Å². The van der Waals surface area contributed by atoms with E-state index in [1.807, 2.05) is 12.1 Å². The Kier molecular flexibility index (Phi) is 6.67. The van der Waals surface area contributed by atoms with E-state index in [0.29, 0.717) is 13.1 Å². The second kappa shape index (κ2) is 6.60. The normalized spacial score (nSPS) is 9.43. The number of aryl methyl sites for hydroxylation is 2. The fourth-order valence-corrected chi connectivity index (χ4v) is 1.43. The molecule has 4 heteroatoms. The Morgan fingerprint density at radius 2 is 1.79 bits per heavy atom. The fourth-order valence-electron chi connectivity index (χ4n) is 1.20. The first-order chi connectivity index (χ1) is 6.15. The molecule has 0 unspecified atom stereocenters. The third-order valence-electron chi connectivity index (χ3n) is 1.83. The summed E-state index contributed by atoms with van der Waals surface area (Å²) < 4.78 is 1.15. The summed E-state index contributed by atoms with van der Waals surface area (Å²) >= 11 is 3.50. The Balaban J connectivity index is 0.00000169. The number of benzene rings is 1. The summed E-state index contributed by atoms with van der Waals surface area (Å²) in [5.74, 6) is 0. The number of nitrogens with zero attached hydrogens (tertiary/aromatic N) is 1. The summed E-state index contributed by atoms with van der Waals surface area (Å²) in [5, 5.41) is 4.28. The van der Waals surface area contributed by atoms with Crippen molar-refractivity contribution in [2.45, 2.75) is 13.8 Å². The van der Waals surface area contributed by atoms with Crippen LogP contribution in [0.4, 0.5) is 5.69 Å². The van der Waals surface area contributed by atoms with Crippen LogP contribution in [-0.2, 0) is 21.1 Å². The first-order valence-corrected chi connectivity index (χ1v) is 5.03. The van der Waals surface area contributed by atoms with E-state index in [9.17, 15) is 0 Å². The second-order valence-electron chi connectivity index (χ2n) is 3.03. The third kappa shape index (κ3) is 3.72. The van der Waals surface area contributed by atoms with Gasteiger partial charge in [0.1, 0.15) is 0 Å². The zero-order valence-electron chi connectivity index (χ0n) is 8.30. The van der Waals surface area contributed by atoms with Crippen molar-refractivity contribution in [3.63, 3.8) is 0 Å². The van der Waals surface area contributed by atoms with E-state index >= 15 is 0 Å². The van der Waals surface area contributed by atoms with Gasteiger partial charge in [-0.05, 0) is 25.0 Å². The van der Waals surface area contributed by atoms with E-state index in [0.717, 1.165) is 10.2 Å². The van der Waals surface area contributed by atoms with Crippen LogP contribution in [0.2, 0.25) is 0 Å². The van der Waals surface area contributed by atoms with Crippen molar-refractivity contribution in [2.75, 3.05) is 13.1 Å². The van der Waals surface area contributed by atoms with E-state index in [2.05, 4.69) is 35.1 Å². The van der Waals surface area contributed by atoms with Gasteiger partial charge in [0, 0.05) is 4.47 Å². The molecule has 0 fully saturated rings. The quantitative estimate of drug-likeness (QED) is 0.700. The van der Waals surface area contributed by atoms with Gasteiger partial charge in [0.15, 0.2) is 0 Å². The first kappa shape index (κ1) is 14.1. The van der Waals surface area contributed by atoms with Gasteiger partial charge in [0.25, 0.3) is 0 Å². The molecule has 0 heterocycles. The van der Waals surface area contributed by atoms with Gasteiger partial charge < -0.3 is 11.1 Å². The SMILES string of the molecule is Cc1cc([N-]CC[NH-])cc(C)c1Br.[W+2]. The molecule has 0 saturated carbocycles. The molecule has 0 aliphatic rings. The van der Waals surface area contributed by atoms with Crippen molar-refractivity contribution in [3.8, 4) is 0 Å².